The fraction of sp³-hybridized carbons (Fsp3) is 0.733. The second-order valence-corrected chi connectivity index (χ2v) is 12.7. The van der Waals surface area contributed by atoms with Crippen molar-refractivity contribution in [3.63, 3.8) is 0 Å². The Morgan fingerprint density at radius 3 is 2.43 bits per heavy atom. The number of aliphatic hydroxyl groups is 1. The van der Waals surface area contributed by atoms with Gasteiger partial charge in [-0.25, -0.2) is 8.78 Å². The van der Waals surface area contributed by atoms with Crippen LogP contribution in [0.25, 0.3) is 0 Å². The third kappa shape index (κ3) is 5.90. The molecule has 0 unspecified atom stereocenters. The maximum absolute atomic E-state index is 15.8. The Morgan fingerprint density at radius 1 is 1.07 bits per heavy atom. The summed E-state index contributed by atoms with van der Waals surface area (Å²) < 4.78 is 119. The number of aliphatic hydroxyl groups excluding tert-OH is 1. The minimum Gasteiger partial charge on any atom is -0.508 e. The van der Waals surface area contributed by atoms with Gasteiger partial charge >= 0.3 is 18.0 Å². The molecule has 2 N–H and O–H groups in total. The fourth-order valence-electron chi connectivity index (χ4n) is 7.78. The number of aromatic hydroxyl groups is 1. The van der Waals surface area contributed by atoms with Crippen LogP contribution in [0.1, 0.15) is 68.9 Å². The lowest BCUT2D eigenvalue weighted by atomic mass is 9.51. The van der Waals surface area contributed by atoms with Gasteiger partial charge in [0, 0.05) is 12.5 Å². The van der Waals surface area contributed by atoms with Gasteiger partial charge in [-0.3, -0.25) is 0 Å². The van der Waals surface area contributed by atoms with Crippen LogP contribution in [-0.2, 0) is 6.42 Å². The molecular weight excluding hydrogens is 577 g/mol. The van der Waals surface area contributed by atoms with Gasteiger partial charge < -0.3 is 15.1 Å². The van der Waals surface area contributed by atoms with E-state index in [1.165, 1.54) is 11.9 Å². The molecule has 1 aromatic rings. The molecule has 0 bridgehead atoms. The monoisotopic (exact) mass is 615 g/mol. The molecule has 3 nitrogen and oxygen atoms in total. The number of hydrogen-bond acceptors (Lipinski definition) is 3. The molecule has 0 amide bonds. The number of hydrogen-bond donors (Lipinski definition) is 2. The SMILES string of the molecule is CN(C/C=C(\F)C(F)(F)C(F)(F)C(F)(F)F)CCCCC[C@@H]1Cc2cc(O)ccc2[C@@H]2[C@@H]1[C@@H]1CC[C@H](O)[C@@]1(C)C[C@@H]2F. The maximum atomic E-state index is 15.8. The first-order valence-electron chi connectivity index (χ1n) is 14.4. The third-order valence-electron chi connectivity index (χ3n) is 10.0. The summed E-state index contributed by atoms with van der Waals surface area (Å²) in [5, 5.41) is 20.8. The van der Waals surface area contributed by atoms with Crippen molar-refractivity contribution in [1.29, 1.82) is 0 Å². The first-order valence-corrected chi connectivity index (χ1v) is 14.4. The van der Waals surface area contributed by atoms with E-state index in [1.54, 1.807) is 12.1 Å². The van der Waals surface area contributed by atoms with Crippen molar-refractivity contribution in [2.45, 2.75) is 94.5 Å². The third-order valence-corrected chi connectivity index (χ3v) is 10.0. The molecule has 3 aliphatic rings. The lowest BCUT2D eigenvalue weighted by Gasteiger charge is -2.54. The largest absolute Gasteiger partial charge is 0.508 e. The summed E-state index contributed by atoms with van der Waals surface area (Å²) in [7, 11) is 1.41. The Kier molecular flexibility index (Phi) is 9.30. The van der Waals surface area contributed by atoms with Gasteiger partial charge in [0.25, 0.3) is 0 Å². The van der Waals surface area contributed by atoms with E-state index < -0.39 is 48.1 Å². The van der Waals surface area contributed by atoms with Crippen LogP contribution in [0.4, 0.5) is 39.5 Å². The van der Waals surface area contributed by atoms with Crippen molar-refractivity contribution in [3.05, 3.63) is 41.2 Å². The van der Waals surface area contributed by atoms with Gasteiger partial charge in [0.2, 0.25) is 0 Å². The molecule has 0 radical (unpaired) electrons. The van der Waals surface area contributed by atoms with Gasteiger partial charge in [-0.05, 0) is 105 Å². The van der Waals surface area contributed by atoms with Gasteiger partial charge in [-0.15, -0.1) is 0 Å². The van der Waals surface area contributed by atoms with Crippen molar-refractivity contribution in [2.75, 3.05) is 20.1 Å². The standard InChI is InChI=1S/C30H38F9NO2/c1-27-16-22(31)26-20-8-7-19(41)15-18(20)14-17(25(26)21(27)9-10-24(27)42)6-4-3-5-12-40(2)13-11-23(32)28(33,34)29(35,36)30(37,38)39/h7-8,11,15,17,21-22,24-26,41-42H,3-6,9-10,12-14,16H2,1-2H3/b23-11-/t17-,21+,22+,24+,25+,26+,27+/m1/s1. The molecule has 238 valence electrons. The Morgan fingerprint density at radius 2 is 1.76 bits per heavy atom. The Hall–Kier alpha value is -1.95. The summed E-state index contributed by atoms with van der Waals surface area (Å²) in [6, 6.07) is 5.09. The van der Waals surface area contributed by atoms with Gasteiger partial charge in [-0.1, -0.05) is 25.8 Å². The maximum Gasteiger partial charge on any atom is 0.460 e. The van der Waals surface area contributed by atoms with E-state index >= 15 is 4.39 Å². The molecule has 0 heterocycles. The van der Waals surface area contributed by atoms with E-state index in [0.29, 0.717) is 25.7 Å². The molecule has 42 heavy (non-hydrogen) atoms. The molecule has 1 aromatic carbocycles. The molecule has 0 aliphatic heterocycles. The Balaban J connectivity index is 1.35. The van der Waals surface area contributed by atoms with Crippen LogP contribution in [0.2, 0.25) is 0 Å². The summed E-state index contributed by atoms with van der Waals surface area (Å²) >= 11 is 0. The van der Waals surface area contributed by atoms with Crippen LogP contribution < -0.4 is 0 Å². The molecule has 12 heteroatoms. The number of likely N-dealkylation sites (N-methyl/N-ethyl adjacent to an activating group) is 1. The van der Waals surface area contributed by atoms with Gasteiger partial charge in [-0.2, -0.15) is 30.7 Å². The first kappa shape index (κ1) is 33.0. The Labute approximate surface area is 239 Å². The normalized spacial score (nSPS) is 32.1. The van der Waals surface area contributed by atoms with Crippen LogP contribution >= 0.6 is 0 Å². The van der Waals surface area contributed by atoms with Gasteiger partial charge in [0.05, 0.1) is 6.10 Å². The smallest absolute Gasteiger partial charge is 0.460 e. The number of alkyl halides is 8. The number of nitrogens with zero attached hydrogens (tertiary/aromatic N) is 1. The molecule has 7 atom stereocenters. The minimum atomic E-state index is -6.60. The molecular formula is C30H38F9NO2. The van der Waals surface area contributed by atoms with Crippen molar-refractivity contribution >= 4 is 0 Å². The quantitative estimate of drug-likeness (QED) is 0.207. The second-order valence-electron chi connectivity index (χ2n) is 12.7. The van der Waals surface area contributed by atoms with E-state index in [9.17, 15) is 45.3 Å². The fourth-order valence-corrected chi connectivity index (χ4v) is 7.78. The number of phenolic OH excluding ortho intramolecular Hbond substituents is 1. The second kappa shape index (κ2) is 11.9. The zero-order chi connectivity index (χ0) is 31.3. The molecule has 2 fully saturated rings. The van der Waals surface area contributed by atoms with Crippen LogP contribution in [0.3, 0.4) is 0 Å². The highest BCUT2D eigenvalue weighted by molar-refractivity contribution is 5.41. The number of halogens is 9. The van der Waals surface area contributed by atoms with E-state index in [1.807, 2.05) is 13.0 Å². The van der Waals surface area contributed by atoms with E-state index in [2.05, 4.69) is 0 Å². The number of benzene rings is 1. The van der Waals surface area contributed by atoms with Gasteiger partial charge in [0.1, 0.15) is 11.9 Å². The molecule has 0 spiro atoms. The van der Waals surface area contributed by atoms with Crippen LogP contribution in [-0.4, -0.2) is 65.5 Å². The predicted octanol–water partition coefficient (Wildman–Crippen LogP) is 7.96. The summed E-state index contributed by atoms with van der Waals surface area (Å²) in [5.41, 5.74) is 1.34. The van der Waals surface area contributed by atoms with E-state index in [-0.39, 0.29) is 48.5 Å². The zero-order valence-corrected chi connectivity index (χ0v) is 23.6. The number of fused-ring (bicyclic) bond motifs is 5. The molecule has 4 rings (SSSR count). The molecule has 3 aliphatic carbocycles. The number of phenols is 1. The molecule has 0 aromatic heterocycles. The number of allylic oxidation sites excluding steroid dienone is 1. The highest BCUT2D eigenvalue weighted by Gasteiger charge is 2.75. The summed E-state index contributed by atoms with van der Waals surface area (Å²) in [4.78, 5) is 1.34. The van der Waals surface area contributed by atoms with Crippen molar-refractivity contribution < 1.29 is 49.7 Å². The molecule has 2 saturated carbocycles. The Bertz CT molecular complexity index is 1140. The lowest BCUT2D eigenvalue weighted by molar-refractivity contribution is -0.347. The molecule has 0 saturated heterocycles. The van der Waals surface area contributed by atoms with Crippen molar-refractivity contribution in [2.24, 2.45) is 23.2 Å². The zero-order valence-electron chi connectivity index (χ0n) is 23.6. The lowest BCUT2D eigenvalue weighted by Crippen LogP contribution is -2.52. The van der Waals surface area contributed by atoms with E-state index in [4.69, 9.17) is 0 Å². The van der Waals surface area contributed by atoms with E-state index in [0.717, 1.165) is 30.4 Å². The topological polar surface area (TPSA) is 43.7 Å². The predicted molar refractivity (Wildman–Crippen MR) is 139 cm³/mol. The van der Waals surface area contributed by atoms with Gasteiger partial charge in [0.15, 0.2) is 5.83 Å². The van der Waals surface area contributed by atoms with Crippen molar-refractivity contribution in [1.82, 2.24) is 4.90 Å². The average molecular weight is 616 g/mol. The summed E-state index contributed by atoms with van der Waals surface area (Å²) in [5.74, 6) is -15.3. The van der Waals surface area contributed by atoms with Crippen molar-refractivity contribution in [3.8, 4) is 5.75 Å². The summed E-state index contributed by atoms with van der Waals surface area (Å²) in [6.45, 7) is 1.66. The van der Waals surface area contributed by atoms with Crippen LogP contribution in [0.5, 0.6) is 5.75 Å². The first-order chi connectivity index (χ1) is 19.4. The average Bonchev–Trinajstić information content (AvgIpc) is 3.19. The highest BCUT2D eigenvalue weighted by Crippen LogP contribution is 2.63. The minimum absolute atomic E-state index is 0.0280. The summed E-state index contributed by atoms with van der Waals surface area (Å²) in [6.07, 6.45) is -3.15. The van der Waals surface area contributed by atoms with Crippen LogP contribution in [0.15, 0.2) is 30.1 Å². The highest BCUT2D eigenvalue weighted by atomic mass is 19.4. The van der Waals surface area contributed by atoms with Crippen LogP contribution in [0, 0.1) is 23.2 Å². The number of unbranched alkanes of at least 4 members (excludes halogenated alkanes) is 2. The number of rotatable bonds is 10.